The summed E-state index contributed by atoms with van der Waals surface area (Å²) in [4.78, 5) is 20.2. The molecule has 1 rings (SSSR count). The second-order valence-corrected chi connectivity index (χ2v) is 2.82. The van der Waals surface area contributed by atoms with Crippen molar-refractivity contribution in [3.05, 3.63) is 0 Å². The average Bonchev–Trinajstić information content (AvgIpc) is 2.20. The minimum absolute atomic E-state index is 0. The first-order valence-corrected chi connectivity index (χ1v) is 4.50. The Labute approximate surface area is 115 Å². The number of carbonyl (C=O) groups is 2. The molecule has 0 saturated carbocycles. The number of morpholine rings is 1. The first-order valence-electron chi connectivity index (χ1n) is 4.50. The Morgan fingerprint density at radius 1 is 1.17 bits per heavy atom. The van der Waals surface area contributed by atoms with E-state index in [-0.39, 0.29) is 28.0 Å². The minimum Gasteiger partial charge on any atom is -0.543 e. The monoisotopic (exact) mass is 318 g/mol. The van der Waals surface area contributed by atoms with Gasteiger partial charge in [0.15, 0.2) is 0 Å². The molecule has 0 spiro atoms. The van der Waals surface area contributed by atoms with Gasteiger partial charge >= 0.3 is 17.1 Å². The van der Waals surface area contributed by atoms with E-state index in [4.69, 9.17) is 30.3 Å². The van der Waals surface area contributed by atoms with Crippen LogP contribution in [-0.2, 0) is 36.9 Å². The van der Waals surface area contributed by atoms with Crippen LogP contribution in [0.5, 0.6) is 0 Å². The molecule has 10 heteroatoms. The predicted molar refractivity (Wildman–Crippen MR) is 54.8 cm³/mol. The van der Waals surface area contributed by atoms with E-state index in [1.54, 1.807) is 0 Å². The van der Waals surface area contributed by atoms with Crippen LogP contribution < -0.4 is 15.9 Å². The summed E-state index contributed by atoms with van der Waals surface area (Å²) in [5, 5.41) is 17.9. The number of ether oxygens (including phenoxy) is 1. The molecule has 113 valence electrons. The Kier molecular flexibility index (Phi) is 23.4. The van der Waals surface area contributed by atoms with Gasteiger partial charge in [0.05, 0.1) is 25.2 Å². The van der Waals surface area contributed by atoms with Crippen LogP contribution in [0.2, 0.25) is 0 Å². The molecule has 0 atom stereocenters. The van der Waals surface area contributed by atoms with Crippen LogP contribution in [0.1, 0.15) is 0 Å². The average molecular weight is 319 g/mol. The third-order valence-corrected chi connectivity index (χ3v) is 1.72. The third kappa shape index (κ3) is 15.3. The maximum atomic E-state index is 8.93. The second kappa shape index (κ2) is 16.3. The van der Waals surface area contributed by atoms with E-state index >= 15 is 0 Å². The van der Waals surface area contributed by atoms with Gasteiger partial charge in [0.1, 0.15) is 0 Å². The molecule has 0 aliphatic carbocycles. The normalized spacial score (nSPS) is 13.6. The quantitative estimate of drug-likeness (QED) is 0.298. The number of nitrogens with two attached hydrogens (primary N) is 1. The van der Waals surface area contributed by atoms with Crippen molar-refractivity contribution >= 4 is 11.9 Å². The number of carboxylic acid groups (broad SMARTS) is 2. The summed E-state index contributed by atoms with van der Waals surface area (Å²) >= 11 is 0. The Bertz CT molecular complexity index is 197. The van der Waals surface area contributed by atoms with Gasteiger partial charge in [-0.1, -0.05) is 0 Å². The van der Waals surface area contributed by atoms with E-state index in [1.165, 1.54) is 0 Å². The SMILES string of the molecule is NCCN1CCOCC1.O.O=C([O-])C(=O)[O-].[Cu+2].[OH3+]. The number of rotatable bonds is 2. The van der Waals surface area contributed by atoms with Crippen molar-refractivity contribution in [1.29, 1.82) is 0 Å². The molecule has 1 heterocycles. The van der Waals surface area contributed by atoms with Crippen molar-refractivity contribution in [3.63, 3.8) is 0 Å². The van der Waals surface area contributed by atoms with Gasteiger partial charge in [0.2, 0.25) is 0 Å². The molecular formula is C8H19CuN2O7+. The van der Waals surface area contributed by atoms with Crippen LogP contribution in [-0.4, -0.2) is 61.7 Å². The van der Waals surface area contributed by atoms with Gasteiger partial charge in [-0.3, -0.25) is 4.90 Å². The Hall–Kier alpha value is -0.741. The van der Waals surface area contributed by atoms with Crippen LogP contribution in [0, 0.1) is 0 Å². The van der Waals surface area contributed by atoms with E-state index in [0.29, 0.717) is 0 Å². The molecule has 1 saturated heterocycles. The zero-order valence-corrected chi connectivity index (χ0v) is 10.6. The Morgan fingerprint density at radius 2 is 1.56 bits per heavy atom. The van der Waals surface area contributed by atoms with Crippen molar-refractivity contribution in [1.82, 2.24) is 4.90 Å². The summed E-state index contributed by atoms with van der Waals surface area (Å²) in [5.41, 5.74) is 5.38. The van der Waals surface area contributed by atoms with Gasteiger partial charge in [-0.05, 0) is 0 Å². The van der Waals surface area contributed by atoms with E-state index < -0.39 is 11.9 Å². The van der Waals surface area contributed by atoms with Crippen LogP contribution >= 0.6 is 0 Å². The molecule has 7 N–H and O–H groups in total. The van der Waals surface area contributed by atoms with Gasteiger partial charge < -0.3 is 41.2 Å². The van der Waals surface area contributed by atoms with E-state index in [2.05, 4.69) is 4.90 Å². The Morgan fingerprint density at radius 3 is 1.83 bits per heavy atom. The number of carbonyl (C=O) groups excluding carboxylic acids is 2. The fourth-order valence-corrected chi connectivity index (χ4v) is 1.01. The summed E-state index contributed by atoms with van der Waals surface area (Å²) < 4.78 is 5.16. The van der Waals surface area contributed by atoms with Crippen molar-refractivity contribution in [2.24, 2.45) is 5.73 Å². The number of nitrogens with zero attached hydrogens (tertiary/aromatic N) is 1. The summed E-state index contributed by atoms with van der Waals surface area (Å²) in [6, 6.07) is 0. The summed E-state index contributed by atoms with van der Waals surface area (Å²) in [5.74, 6) is -4.37. The molecule has 1 aliphatic rings. The molecule has 0 bridgehead atoms. The fourth-order valence-electron chi connectivity index (χ4n) is 1.01. The molecule has 0 amide bonds. The van der Waals surface area contributed by atoms with Gasteiger partial charge in [-0.15, -0.1) is 0 Å². The number of carboxylic acids is 2. The van der Waals surface area contributed by atoms with Crippen LogP contribution in [0.25, 0.3) is 0 Å². The number of aliphatic carboxylic acids is 2. The first kappa shape index (κ1) is 26.0. The number of hydrogen-bond acceptors (Lipinski definition) is 7. The fraction of sp³-hybridized carbons (Fsp3) is 0.750. The summed E-state index contributed by atoms with van der Waals surface area (Å²) in [6.45, 7) is 5.64. The van der Waals surface area contributed by atoms with Gasteiger partial charge in [-0.25, -0.2) is 0 Å². The maximum Gasteiger partial charge on any atom is 2.00 e. The molecule has 1 fully saturated rings. The van der Waals surface area contributed by atoms with Crippen LogP contribution in [0.15, 0.2) is 0 Å². The molecule has 0 aromatic heterocycles. The van der Waals surface area contributed by atoms with Crippen LogP contribution in [0.4, 0.5) is 0 Å². The third-order valence-electron chi connectivity index (χ3n) is 1.72. The van der Waals surface area contributed by atoms with Crippen molar-refractivity contribution in [2.45, 2.75) is 0 Å². The predicted octanol–water partition coefficient (Wildman–Crippen LogP) is -5.99. The van der Waals surface area contributed by atoms with Crippen molar-refractivity contribution in [3.8, 4) is 0 Å². The molecule has 0 aromatic carbocycles. The summed E-state index contributed by atoms with van der Waals surface area (Å²) in [6.07, 6.45) is 0. The van der Waals surface area contributed by atoms with Gasteiger partial charge in [0, 0.05) is 26.2 Å². The van der Waals surface area contributed by atoms with Gasteiger partial charge in [0.25, 0.3) is 0 Å². The zero-order valence-electron chi connectivity index (χ0n) is 9.69. The smallest absolute Gasteiger partial charge is 0.543 e. The van der Waals surface area contributed by atoms with E-state index in [1.807, 2.05) is 0 Å². The number of hydrogen-bond donors (Lipinski definition) is 1. The standard InChI is InChI=1S/C6H14N2O.C2H2O4.Cu.2H2O/c7-1-2-8-3-5-9-6-4-8;3-1(4)2(5)6;;;/h1-7H2;(H,3,4)(H,5,6);;2*1H2/q;;+2;;/p-1. The minimum atomic E-state index is -2.19. The molecule has 1 radical (unpaired) electrons. The van der Waals surface area contributed by atoms with Gasteiger partial charge in [-0.2, -0.15) is 0 Å². The molecule has 9 nitrogen and oxygen atoms in total. The molecule has 0 aromatic rings. The molecule has 0 unspecified atom stereocenters. The van der Waals surface area contributed by atoms with Crippen molar-refractivity contribution in [2.75, 3.05) is 39.4 Å². The second-order valence-electron chi connectivity index (χ2n) is 2.82. The largest absolute Gasteiger partial charge is 2.00 e. The van der Waals surface area contributed by atoms with E-state index in [0.717, 1.165) is 39.4 Å². The molecule has 18 heavy (non-hydrogen) atoms. The maximum absolute atomic E-state index is 8.93. The molecule has 1 aliphatic heterocycles. The molecular weight excluding hydrogens is 300 g/mol. The first-order chi connectivity index (χ1) is 7.07. The summed E-state index contributed by atoms with van der Waals surface area (Å²) in [7, 11) is 0. The van der Waals surface area contributed by atoms with Crippen molar-refractivity contribution < 1.29 is 52.6 Å². The zero-order chi connectivity index (χ0) is 11.7. The van der Waals surface area contributed by atoms with E-state index in [9.17, 15) is 0 Å². The topological polar surface area (TPSA) is 183 Å². The van der Waals surface area contributed by atoms with Crippen LogP contribution in [0.3, 0.4) is 0 Å². The Balaban J connectivity index is -0.0000000992.